The van der Waals surface area contributed by atoms with E-state index in [0.717, 1.165) is 0 Å². The SMILES string of the molecule is CC1=C2C=CC=CC2(C)N(CCO)C=C1. The van der Waals surface area contributed by atoms with Gasteiger partial charge in [0.05, 0.1) is 12.1 Å². The van der Waals surface area contributed by atoms with Crippen LogP contribution in [0.2, 0.25) is 0 Å². The van der Waals surface area contributed by atoms with E-state index in [1.54, 1.807) is 0 Å². The van der Waals surface area contributed by atoms with Gasteiger partial charge in [-0.15, -0.1) is 0 Å². The van der Waals surface area contributed by atoms with Gasteiger partial charge in [-0.2, -0.15) is 0 Å². The van der Waals surface area contributed by atoms with Crippen molar-refractivity contribution >= 4 is 0 Å². The molecule has 1 atom stereocenters. The number of β-amino-alcohol motifs (C(OH)–C–C–N with tert-alkyl or cyclic N) is 1. The van der Waals surface area contributed by atoms with Gasteiger partial charge in [-0.05, 0) is 31.1 Å². The summed E-state index contributed by atoms with van der Waals surface area (Å²) in [4.78, 5) is 2.18. The lowest BCUT2D eigenvalue weighted by atomic mass is 9.81. The average Bonchev–Trinajstić information content (AvgIpc) is 2.23. The number of allylic oxidation sites excluding steroid dienone is 4. The summed E-state index contributed by atoms with van der Waals surface area (Å²) >= 11 is 0. The molecule has 80 valence electrons. The van der Waals surface area contributed by atoms with Crippen LogP contribution in [0.4, 0.5) is 0 Å². The van der Waals surface area contributed by atoms with Crippen molar-refractivity contribution in [1.82, 2.24) is 4.90 Å². The van der Waals surface area contributed by atoms with Crippen molar-refractivity contribution in [2.45, 2.75) is 19.4 Å². The fourth-order valence-electron chi connectivity index (χ4n) is 2.30. The molecule has 0 aromatic rings. The molecule has 0 bridgehead atoms. The van der Waals surface area contributed by atoms with E-state index in [1.807, 2.05) is 0 Å². The van der Waals surface area contributed by atoms with Gasteiger partial charge in [0.15, 0.2) is 0 Å². The number of aliphatic hydroxyl groups is 1. The molecule has 0 aromatic heterocycles. The topological polar surface area (TPSA) is 23.5 Å². The lowest BCUT2D eigenvalue weighted by molar-refractivity contribution is 0.185. The smallest absolute Gasteiger partial charge is 0.0810 e. The second kappa shape index (κ2) is 3.70. The van der Waals surface area contributed by atoms with Crippen LogP contribution in [0.25, 0.3) is 0 Å². The lowest BCUT2D eigenvalue weighted by Gasteiger charge is -2.43. The number of fused-ring (bicyclic) bond motifs is 1. The summed E-state index contributed by atoms with van der Waals surface area (Å²) in [5.41, 5.74) is 2.53. The van der Waals surface area contributed by atoms with Crippen LogP contribution in [0.5, 0.6) is 0 Å². The minimum Gasteiger partial charge on any atom is -0.395 e. The summed E-state index contributed by atoms with van der Waals surface area (Å²) < 4.78 is 0. The Morgan fingerprint density at radius 2 is 2.13 bits per heavy atom. The van der Waals surface area contributed by atoms with Crippen molar-refractivity contribution in [3.63, 3.8) is 0 Å². The van der Waals surface area contributed by atoms with E-state index in [2.05, 4.69) is 55.3 Å². The highest BCUT2D eigenvalue weighted by Gasteiger charge is 2.33. The highest BCUT2D eigenvalue weighted by molar-refractivity contribution is 5.50. The normalized spacial score (nSPS) is 28.6. The molecule has 0 fully saturated rings. The monoisotopic (exact) mass is 203 g/mol. The molecule has 2 nitrogen and oxygen atoms in total. The molecule has 2 rings (SSSR count). The third kappa shape index (κ3) is 1.55. The third-order valence-corrected chi connectivity index (χ3v) is 3.21. The molecule has 2 aliphatic rings. The molecule has 0 aromatic carbocycles. The van der Waals surface area contributed by atoms with Crippen molar-refractivity contribution < 1.29 is 5.11 Å². The van der Waals surface area contributed by atoms with E-state index in [4.69, 9.17) is 5.11 Å². The molecule has 0 saturated carbocycles. The highest BCUT2D eigenvalue weighted by Crippen LogP contribution is 2.35. The maximum absolute atomic E-state index is 9.06. The standard InChI is InChI=1S/C13H17NO/c1-11-6-8-14(9-10-15)13(2)7-4-3-5-12(11)13/h3-8,15H,9-10H2,1-2H3. The first-order valence-electron chi connectivity index (χ1n) is 5.31. The summed E-state index contributed by atoms with van der Waals surface area (Å²) in [6.07, 6.45) is 12.7. The van der Waals surface area contributed by atoms with Gasteiger partial charge < -0.3 is 10.0 Å². The minimum atomic E-state index is -0.0870. The number of nitrogens with zero attached hydrogens (tertiary/aromatic N) is 1. The summed E-state index contributed by atoms with van der Waals surface area (Å²) in [5.74, 6) is 0. The molecule has 1 heterocycles. The predicted octanol–water partition coefficient (Wildman–Crippen LogP) is 2.01. The zero-order valence-corrected chi connectivity index (χ0v) is 9.27. The van der Waals surface area contributed by atoms with Gasteiger partial charge in [-0.1, -0.05) is 24.3 Å². The van der Waals surface area contributed by atoms with Crippen molar-refractivity contribution in [2.24, 2.45) is 0 Å². The molecule has 1 aliphatic carbocycles. The zero-order valence-electron chi connectivity index (χ0n) is 9.27. The molecule has 1 aliphatic heterocycles. The van der Waals surface area contributed by atoms with Crippen molar-refractivity contribution in [2.75, 3.05) is 13.2 Å². The molecule has 0 spiro atoms. The maximum atomic E-state index is 9.06. The van der Waals surface area contributed by atoms with Crippen molar-refractivity contribution in [3.8, 4) is 0 Å². The third-order valence-electron chi connectivity index (χ3n) is 3.21. The largest absolute Gasteiger partial charge is 0.395 e. The van der Waals surface area contributed by atoms with Crippen LogP contribution in [-0.2, 0) is 0 Å². The van der Waals surface area contributed by atoms with Gasteiger partial charge in [-0.25, -0.2) is 0 Å². The fourth-order valence-corrected chi connectivity index (χ4v) is 2.30. The Labute approximate surface area is 90.9 Å². The van der Waals surface area contributed by atoms with Crippen LogP contribution >= 0.6 is 0 Å². The fraction of sp³-hybridized carbons (Fsp3) is 0.385. The van der Waals surface area contributed by atoms with Crippen LogP contribution in [0.3, 0.4) is 0 Å². The van der Waals surface area contributed by atoms with Crippen LogP contribution in [0, 0.1) is 0 Å². The van der Waals surface area contributed by atoms with E-state index in [-0.39, 0.29) is 12.1 Å². The molecular weight excluding hydrogens is 186 g/mol. The Kier molecular flexibility index (Phi) is 2.53. The molecule has 1 unspecified atom stereocenters. The zero-order chi connectivity index (χ0) is 10.9. The summed E-state index contributed by atoms with van der Waals surface area (Å²) in [5, 5.41) is 9.06. The first-order chi connectivity index (χ1) is 7.18. The Hall–Kier alpha value is -1.28. The second-order valence-electron chi connectivity index (χ2n) is 4.20. The summed E-state index contributed by atoms with van der Waals surface area (Å²) in [7, 11) is 0. The average molecular weight is 203 g/mol. The number of rotatable bonds is 2. The quantitative estimate of drug-likeness (QED) is 0.742. The molecular formula is C13H17NO. The van der Waals surface area contributed by atoms with Gasteiger partial charge in [0.2, 0.25) is 0 Å². The number of hydrogen-bond donors (Lipinski definition) is 1. The van der Waals surface area contributed by atoms with Crippen molar-refractivity contribution in [1.29, 1.82) is 0 Å². The van der Waals surface area contributed by atoms with Gasteiger partial charge in [0.25, 0.3) is 0 Å². The Balaban J connectivity index is 2.41. The Morgan fingerprint density at radius 1 is 1.33 bits per heavy atom. The van der Waals surface area contributed by atoms with Crippen LogP contribution < -0.4 is 0 Å². The van der Waals surface area contributed by atoms with E-state index in [9.17, 15) is 0 Å². The summed E-state index contributed by atoms with van der Waals surface area (Å²) in [6, 6.07) is 0. The highest BCUT2D eigenvalue weighted by atomic mass is 16.3. The second-order valence-corrected chi connectivity index (χ2v) is 4.20. The minimum absolute atomic E-state index is 0.0870. The first kappa shape index (κ1) is 10.2. The van der Waals surface area contributed by atoms with Gasteiger partial charge in [-0.3, -0.25) is 0 Å². The van der Waals surface area contributed by atoms with Gasteiger partial charge in [0.1, 0.15) is 0 Å². The van der Waals surface area contributed by atoms with Crippen LogP contribution in [-0.4, -0.2) is 28.7 Å². The maximum Gasteiger partial charge on any atom is 0.0810 e. The molecule has 15 heavy (non-hydrogen) atoms. The van der Waals surface area contributed by atoms with Crippen LogP contribution in [0.1, 0.15) is 13.8 Å². The van der Waals surface area contributed by atoms with Gasteiger partial charge in [0, 0.05) is 12.7 Å². The van der Waals surface area contributed by atoms with E-state index in [1.165, 1.54) is 11.1 Å². The molecule has 0 radical (unpaired) electrons. The first-order valence-corrected chi connectivity index (χ1v) is 5.31. The lowest BCUT2D eigenvalue weighted by Crippen LogP contribution is -2.46. The Bertz CT molecular complexity index is 376. The number of aliphatic hydroxyl groups excluding tert-OH is 1. The predicted molar refractivity (Wildman–Crippen MR) is 62.3 cm³/mol. The number of hydrogen-bond acceptors (Lipinski definition) is 2. The van der Waals surface area contributed by atoms with Gasteiger partial charge >= 0.3 is 0 Å². The molecule has 2 heteroatoms. The molecule has 0 amide bonds. The van der Waals surface area contributed by atoms with E-state index in [0.29, 0.717) is 6.54 Å². The van der Waals surface area contributed by atoms with Crippen molar-refractivity contribution in [3.05, 3.63) is 47.7 Å². The molecule has 0 saturated heterocycles. The van der Waals surface area contributed by atoms with Crippen LogP contribution in [0.15, 0.2) is 47.7 Å². The Morgan fingerprint density at radius 3 is 2.87 bits per heavy atom. The van der Waals surface area contributed by atoms with E-state index >= 15 is 0 Å². The summed E-state index contributed by atoms with van der Waals surface area (Å²) in [6.45, 7) is 5.17. The molecule has 1 N–H and O–H groups in total. The van der Waals surface area contributed by atoms with E-state index < -0.39 is 0 Å².